The number of benzene rings is 1. The van der Waals surface area contributed by atoms with E-state index in [0.29, 0.717) is 12.3 Å². The van der Waals surface area contributed by atoms with Crippen LogP contribution in [0.1, 0.15) is 29.9 Å². The van der Waals surface area contributed by atoms with E-state index in [2.05, 4.69) is 22.2 Å². The standard InChI is InChI=1S/C14H19NO2/c1-17-14(16)9-11-4-2-5-12(8-11)13-6-3-7-15-10-13/h2,4-5,8,13,15H,3,6-7,9-10H2,1H3/t13-/m1/s1. The molecule has 0 spiro atoms. The third-order valence-corrected chi connectivity index (χ3v) is 3.30. The largest absolute Gasteiger partial charge is 0.469 e. The summed E-state index contributed by atoms with van der Waals surface area (Å²) in [4.78, 5) is 11.2. The number of piperidine rings is 1. The maximum atomic E-state index is 11.2. The van der Waals surface area contributed by atoms with Crippen LogP contribution in [0, 0.1) is 0 Å². The van der Waals surface area contributed by atoms with E-state index in [1.165, 1.54) is 25.5 Å². The molecule has 0 unspecified atom stereocenters. The fraction of sp³-hybridized carbons (Fsp3) is 0.500. The molecular weight excluding hydrogens is 214 g/mol. The van der Waals surface area contributed by atoms with E-state index in [0.717, 1.165) is 18.7 Å². The molecule has 0 amide bonds. The summed E-state index contributed by atoms with van der Waals surface area (Å²) < 4.78 is 4.69. The Morgan fingerprint density at radius 3 is 3.12 bits per heavy atom. The molecule has 1 atom stereocenters. The van der Waals surface area contributed by atoms with Gasteiger partial charge in [-0.25, -0.2) is 0 Å². The van der Waals surface area contributed by atoms with E-state index >= 15 is 0 Å². The van der Waals surface area contributed by atoms with Crippen LogP contribution in [0.5, 0.6) is 0 Å². The number of hydrogen-bond acceptors (Lipinski definition) is 3. The van der Waals surface area contributed by atoms with E-state index < -0.39 is 0 Å². The van der Waals surface area contributed by atoms with Gasteiger partial charge in [-0.2, -0.15) is 0 Å². The van der Waals surface area contributed by atoms with Crippen molar-refractivity contribution in [2.75, 3.05) is 20.2 Å². The van der Waals surface area contributed by atoms with Gasteiger partial charge in [-0.1, -0.05) is 24.3 Å². The van der Waals surface area contributed by atoms with Crippen molar-refractivity contribution in [3.63, 3.8) is 0 Å². The Balaban J connectivity index is 2.07. The molecule has 17 heavy (non-hydrogen) atoms. The molecule has 0 radical (unpaired) electrons. The molecule has 1 saturated heterocycles. The van der Waals surface area contributed by atoms with Crippen molar-refractivity contribution in [3.8, 4) is 0 Å². The smallest absolute Gasteiger partial charge is 0.309 e. The zero-order valence-electron chi connectivity index (χ0n) is 10.2. The first-order valence-electron chi connectivity index (χ1n) is 6.16. The second kappa shape index (κ2) is 5.82. The predicted molar refractivity (Wildman–Crippen MR) is 67.0 cm³/mol. The molecule has 2 rings (SSSR count). The average molecular weight is 233 g/mol. The van der Waals surface area contributed by atoms with Crippen molar-refractivity contribution in [1.82, 2.24) is 5.32 Å². The summed E-state index contributed by atoms with van der Waals surface area (Å²) in [5, 5.41) is 3.41. The molecule has 0 bridgehead atoms. The minimum absolute atomic E-state index is 0.177. The zero-order valence-corrected chi connectivity index (χ0v) is 10.2. The lowest BCUT2D eigenvalue weighted by Crippen LogP contribution is -2.28. The van der Waals surface area contributed by atoms with Gasteiger partial charge in [-0.3, -0.25) is 4.79 Å². The first kappa shape index (κ1) is 12.1. The number of hydrogen-bond donors (Lipinski definition) is 1. The number of esters is 1. The van der Waals surface area contributed by atoms with Gasteiger partial charge >= 0.3 is 5.97 Å². The maximum Gasteiger partial charge on any atom is 0.309 e. The number of carbonyl (C=O) groups excluding carboxylic acids is 1. The molecule has 1 fully saturated rings. The quantitative estimate of drug-likeness (QED) is 0.810. The monoisotopic (exact) mass is 233 g/mol. The lowest BCUT2D eigenvalue weighted by molar-refractivity contribution is -0.139. The minimum Gasteiger partial charge on any atom is -0.469 e. The van der Waals surface area contributed by atoms with Gasteiger partial charge in [0.1, 0.15) is 0 Å². The summed E-state index contributed by atoms with van der Waals surface area (Å²) >= 11 is 0. The van der Waals surface area contributed by atoms with Crippen molar-refractivity contribution in [2.24, 2.45) is 0 Å². The highest BCUT2D eigenvalue weighted by Crippen LogP contribution is 2.23. The predicted octanol–water partition coefficient (Wildman–Crippen LogP) is 1.87. The van der Waals surface area contributed by atoms with Crippen LogP contribution in [-0.4, -0.2) is 26.2 Å². The van der Waals surface area contributed by atoms with Gasteiger partial charge in [0, 0.05) is 6.54 Å². The van der Waals surface area contributed by atoms with Crippen molar-refractivity contribution in [2.45, 2.75) is 25.2 Å². The van der Waals surface area contributed by atoms with Gasteiger partial charge in [0.2, 0.25) is 0 Å². The third kappa shape index (κ3) is 3.30. The van der Waals surface area contributed by atoms with Gasteiger partial charge in [-0.05, 0) is 36.4 Å². The number of methoxy groups -OCH3 is 1. The second-order valence-corrected chi connectivity index (χ2v) is 4.54. The molecule has 3 heteroatoms. The Hall–Kier alpha value is -1.35. The first-order chi connectivity index (χ1) is 8.29. The summed E-state index contributed by atoms with van der Waals surface area (Å²) in [5.74, 6) is 0.408. The summed E-state index contributed by atoms with van der Waals surface area (Å²) in [6, 6.07) is 8.30. The number of rotatable bonds is 3. The fourth-order valence-corrected chi connectivity index (χ4v) is 2.33. The van der Waals surface area contributed by atoms with Gasteiger partial charge < -0.3 is 10.1 Å². The van der Waals surface area contributed by atoms with E-state index in [1.807, 2.05) is 12.1 Å². The zero-order chi connectivity index (χ0) is 12.1. The van der Waals surface area contributed by atoms with Crippen LogP contribution in [0.4, 0.5) is 0 Å². The highest BCUT2D eigenvalue weighted by molar-refractivity contribution is 5.72. The SMILES string of the molecule is COC(=O)Cc1cccc([C@@H]2CCCNC2)c1. The Labute approximate surface area is 102 Å². The molecule has 3 nitrogen and oxygen atoms in total. The van der Waals surface area contributed by atoms with Crippen molar-refractivity contribution < 1.29 is 9.53 Å². The summed E-state index contributed by atoms with van der Waals surface area (Å²) in [6.07, 6.45) is 2.82. The van der Waals surface area contributed by atoms with Gasteiger partial charge in [0.05, 0.1) is 13.5 Å². The van der Waals surface area contributed by atoms with Gasteiger partial charge in [0.15, 0.2) is 0 Å². The lowest BCUT2D eigenvalue weighted by Gasteiger charge is -2.23. The van der Waals surface area contributed by atoms with Crippen molar-refractivity contribution >= 4 is 5.97 Å². The molecule has 0 saturated carbocycles. The van der Waals surface area contributed by atoms with Crippen LogP contribution in [0.15, 0.2) is 24.3 Å². The number of ether oxygens (including phenoxy) is 1. The average Bonchev–Trinajstić information content (AvgIpc) is 2.40. The van der Waals surface area contributed by atoms with Gasteiger partial charge in [-0.15, -0.1) is 0 Å². The third-order valence-electron chi connectivity index (χ3n) is 3.30. The number of carbonyl (C=O) groups is 1. The topological polar surface area (TPSA) is 38.3 Å². The Bertz CT molecular complexity index is 384. The molecule has 1 aliphatic heterocycles. The van der Waals surface area contributed by atoms with E-state index in [1.54, 1.807) is 0 Å². The Kier molecular flexibility index (Phi) is 4.15. The molecule has 0 aliphatic carbocycles. The highest BCUT2D eigenvalue weighted by atomic mass is 16.5. The van der Waals surface area contributed by atoms with Crippen LogP contribution in [0.25, 0.3) is 0 Å². The second-order valence-electron chi connectivity index (χ2n) is 4.54. The molecule has 1 aromatic rings. The van der Waals surface area contributed by atoms with Crippen LogP contribution in [-0.2, 0) is 16.0 Å². The van der Waals surface area contributed by atoms with E-state index in [4.69, 9.17) is 0 Å². The van der Waals surface area contributed by atoms with E-state index in [-0.39, 0.29) is 5.97 Å². The summed E-state index contributed by atoms with van der Waals surface area (Å²) in [6.45, 7) is 2.17. The van der Waals surface area contributed by atoms with Crippen LogP contribution < -0.4 is 5.32 Å². The lowest BCUT2D eigenvalue weighted by atomic mass is 9.90. The number of nitrogens with one attached hydrogen (secondary N) is 1. The van der Waals surface area contributed by atoms with Crippen LogP contribution >= 0.6 is 0 Å². The van der Waals surface area contributed by atoms with Crippen molar-refractivity contribution in [1.29, 1.82) is 0 Å². The summed E-state index contributed by atoms with van der Waals surface area (Å²) in [5.41, 5.74) is 2.37. The van der Waals surface area contributed by atoms with Gasteiger partial charge in [0.25, 0.3) is 0 Å². The first-order valence-corrected chi connectivity index (χ1v) is 6.16. The Morgan fingerprint density at radius 2 is 2.41 bits per heavy atom. The van der Waals surface area contributed by atoms with E-state index in [9.17, 15) is 4.79 Å². The van der Waals surface area contributed by atoms with Crippen LogP contribution in [0.3, 0.4) is 0 Å². The molecular formula is C14H19NO2. The highest BCUT2D eigenvalue weighted by Gasteiger charge is 2.15. The fourth-order valence-electron chi connectivity index (χ4n) is 2.33. The summed E-state index contributed by atoms with van der Waals surface area (Å²) in [7, 11) is 1.43. The Morgan fingerprint density at radius 1 is 1.53 bits per heavy atom. The molecule has 1 aromatic carbocycles. The molecule has 1 aliphatic rings. The normalized spacial score (nSPS) is 19.9. The van der Waals surface area contributed by atoms with Crippen LogP contribution in [0.2, 0.25) is 0 Å². The molecule has 92 valence electrons. The molecule has 0 aromatic heterocycles. The molecule has 1 heterocycles. The molecule has 1 N–H and O–H groups in total. The van der Waals surface area contributed by atoms with Crippen molar-refractivity contribution in [3.05, 3.63) is 35.4 Å². The maximum absolute atomic E-state index is 11.2. The minimum atomic E-state index is -0.177.